The molecule has 0 aliphatic rings. The summed E-state index contributed by atoms with van der Waals surface area (Å²) in [6.07, 6.45) is 0. The average molecular weight is 290 g/mol. The zero-order valence-corrected chi connectivity index (χ0v) is 11.7. The highest BCUT2D eigenvalue weighted by molar-refractivity contribution is 7.08. The molecule has 0 aliphatic heterocycles. The van der Waals surface area contributed by atoms with E-state index in [0.29, 0.717) is 10.6 Å². The number of carbonyl (C=O) groups is 1. The number of rotatable bonds is 3. The Hall–Kier alpha value is -2.33. The van der Waals surface area contributed by atoms with Crippen molar-refractivity contribution in [3.63, 3.8) is 0 Å². The van der Waals surface area contributed by atoms with E-state index in [9.17, 15) is 9.18 Å². The Bertz CT molecular complexity index is 690. The molecule has 1 aromatic heterocycles. The lowest BCUT2D eigenvalue weighted by atomic mass is 10.1. The maximum Gasteiger partial charge on any atom is 0.269 e. The van der Waals surface area contributed by atoms with Gasteiger partial charge in [0.05, 0.1) is 23.0 Å². The van der Waals surface area contributed by atoms with Crippen LogP contribution in [0.25, 0.3) is 0 Å². The Balaban J connectivity index is 2.24. The summed E-state index contributed by atoms with van der Waals surface area (Å²) in [5.74, 6) is -1.05. The summed E-state index contributed by atoms with van der Waals surface area (Å²) in [4.78, 5) is 12.5. The van der Waals surface area contributed by atoms with Crippen molar-refractivity contribution in [3.8, 4) is 6.07 Å². The van der Waals surface area contributed by atoms with Crippen molar-refractivity contribution in [1.29, 1.82) is 5.26 Å². The minimum atomic E-state index is -0.652. The normalized spacial score (nSPS) is 10.3. The Morgan fingerprint density at radius 3 is 2.85 bits per heavy atom. The molecule has 0 saturated heterocycles. The number of amides is 1. The van der Waals surface area contributed by atoms with Crippen LogP contribution in [0.3, 0.4) is 0 Å². The van der Waals surface area contributed by atoms with Gasteiger partial charge in [0.25, 0.3) is 5.91 Å². The number of hydrogen-bond acceptors (Lipinski definition) is 5. The second-order valence-electron chi connectivity index (χ2n) is 4.40. The summed E-state index contributed by atoms with van der Waals surface area (Å²) in [6, 6.07) is 5.70. The molecule has 1 N–H and O–H groups in total. The SMILES string of the molecule is CC(C)c1nnsc1C(=O)Nc1ccc(C#N)cc1F. The van der Waals surface area contributed by atoms with Crippen molar-refractivity contribution in [2.45, 2.75) is 19.8 Å². The standard InChI is InChI=1S/C13H11FN4OS/c1-7(2)11-12(20-18-17-11)13(19)16-10-4-3-8(6-15)5-9(10)14/h3-5,7H,1-2H3,(H,16,19). The molecule has 1 heterocycles. The average Bonchev–Trinajstić information content (AvgIpc) is 2.90. The number of benzene rings is 1. The van der Waals surface area contributed by atoms with Crippen LogP contribution in [-0.2, 0) is 0 Å². The summed E-state index contributed by atoms with van der Waals surface area (Å²) in [5, 5.41) is 15.0. The number of aromatic nitrogens is 2. The molecule has 0 fully saturated rings. The number of anilines is 1. The van der Waals surface area contributed by atoms with Crippen LogP contribution < -0.4 is 5.32 Å². The Morgan fingerprint density at radius 2 is 2.25 bits per heavy atom. The molecule has 0 aliphatic carbocycles. The maximum atomic E-state index is 13.7. The van der Waals surface area contributed by atoms with E-state index in [1.54, 1.807) is 0 Å². The molecular weight excluding hydrogens is 279 g/mol. The quantitative estimate of drug-likeness (QED) is 0.942. The second-order valence-corrected chi connectivity index (χ2v) is 5.16. The van der Waals surface area contributed by atoms with E-state index in [0.717, 1.165) is 17.6 Å². The van der Waals surface area contributed by atoms with Gasteiger partial charge in [-0.3, -0.25) is 4.79 Å². The van der Waals surface area contributed by atoms with Crippen molar-refractivity contribution in [1.82, 2.24) is 9.59 Å². The first kappa shape index (κ1) is 14.1. The minimum Gasteiger partial charge on any atom is -0.319 e. The van der Waals surface area contributed by atoms with Gasteiger partial charge in [0.15, 0.2) is 0 Å². The molecule has 7 heteroatoms. The summed E-state index contributed by atoms with van der Waals surface area (Å²) in [5.41, 5.74) is 0.807. The monoisotopic (exact) mass is 290 g/mol. The zero-order chi connectivity index (χ0) is 14.7. The fourth-order valence-electron chi connectivity index (χ4n) is 1.60. The van der Waals surface area contributed by atoms with Crippen LogP contribution in [0.4, 0.5) is 10.1 Å². The van der Waals surface area contributed by atoms with E-state index in [2.05, 4.69) is 14.9 Å². The molecule has 0 bridgehead atoms. The predicted molar refractivity (Wildman–Crippen MR) is 73.1 cm³/mol. The molecule has 0 radical (unpaired) electrons. The van der Waals surface area contributed by atoms with E-state index >= 15 is 0 Å². The van der Waals surface area contributed by atoms with Crippen LogP contribution in [0.2, 0.25) is 0 Å². The van der Waals surface area contributed by atoms with Gasteiger partial charge in [-0.2, -0.15) is 5.26 Å². The molecule has 0 atom stereocenters. The topological polar surface area (TPSA) is 78.7 Å². The van der Waals surface area contributed by atoms with Crippen molar-refractivity contribution >= 4 is 23.1 Å². The number of halogens is 1. The lowest BCUT2D eigenvalue weighted by Gasteiger charge is -2.07. The molecule has 0 unspecified atom stereocenters. The van der Waals surface area contributed by atoms with Crippen LogP contribution in [0.15, 0.2) is 18.2 Å². The van der Waals surface area contributed by atoms with E-state index in [4.69, 9.17) is 5.26 Å². The van der Waals surface area contributed by atoms with E-state index in [-0.39, 0.29) is 17.2 Å². The van der Waals surface area contributed by atoms with Gasteiger partial charge in [0.1, 0.15) is 10.7 Å². The number of hydrogen-bond donors (Lipinski definition) is 1. The lowest BCUT2D eigenvalue weighted by molar-refractivity contribution is 0.102. The van der Waals surface area contributed by atoms with E-state index < -0.39 is 11.7 Å². The maximum absolute atomic E-state index is 13.7. The third-order valence-electron chi connectivity index (χ3n) is 2.61. The molecule has 2 aromatic rings. The minimum absolute atomic E-state index is 0.0251. The van der Waals surface area contributed by atoms with Gasteiger partial charge in [0, 0.05) is 0 Å². The van der Waals surface area contributed by atoms with Crippen LogP contribution >= 0.6 is 11.5 Å². The van der Waals surface area contributed by atoms with Crippen LogP contribution in [0.5, 0.6) is 0 Å². The summed E-state index contributed by atoms with van der Waals surface area (Å²) in [7, 11) is 0. The Labute approximate surface area is 119 Å². The van der Waals surface area contributed by atoms with Gasteiger partial charge in [-0.1, -0.05) is 18.3 Å². The molecule has 102 valence electrons. The molecule has 2 rings (SSSR count). The fourth-order valence-corrected chi connectivity index (χ4v) is 2.31. The van der Waals surface area contributed by atoms with Crippen molar-refractivity contribution in [2.24, 2.45) is 0 Å². The van der Waals surface area contributed by atoms with Gasteiger partial charge >= 0.3 is 0 Å². The second kappa shape index (κ2) is 5.75. The summed E-state index contributed by atoms with van der Waals surface area (Å²) >= 11 is 0.971. The lowest BCUT2D eigenvalue weighted by Crippen LogP contribution is -2.14. The predicted octanol–water partition coefficient (Wildman–Crippen LogP) is 2.92. The van der Waals surface area contributed by atoms with Gasteiger partial charge in [-0.05, 0) is 35.6 Å². The van der Waals surface area contributed by atoms with Crippen LogP contribution in [0.1, 0.15) is 40.7 Å². The molecule has 0 spiro atoms. The van der Waals surface area contributed by atoms with Crippen molar-refractivity contribution < 1.29 is 9.18 Å². The smallest absolute Gasteiger partial charge is 0.269 e. The highest BCUT2D eigenvalue weighted by Gasteiger charge is 2.19. The summed E-state index contributed by atoms with van der Waals surface area (Å²) < 4.78 is 17.5. The number of nitrogens with zero attached hydrogens (tertiary/aromatic N) is 3. The molecule has 0 saturated carbocycles. The molecule has 1 amide bonds. The highest BCUT2D eigenvalue weighted by atomic mass is 32.1. The van der Waals surface area contributed by atoms with E-state index in [1.807, 2.05) is 19.9 Å². The third-order valence-corrected chi connectivity index (χ3v) is 3.35. The number of nitrogens with one attached hydrogen (secondary N) is 1. The Kier molecular flexibility index (Phi) is 4.05. The fraction of sp³-hybridized carbons (Fsp3) is 0.231. The number of nitriles is 1. The van der Waals surface area contributed by atoms with Gasteiger partial charge < -0.3 is 5.32 Å². The van der Waals surface area contributed by atoms with Gasteiger partial charge in [-0.25, -0.2) is 4.39 Å². The molecular formula is C13H11FN4OS. The largest absolute Gasteiger partial charge is 0.319 e. The van der Waals surface area contributed by atoms with Gasteiger partial charge in [-0.15, -0.1) is 5.10 Å². The summed E-state index contributed by atoms with van der Waals surface area (Å²) in [6.45, 7) is 3.80. The molecule has 20 heavy (non-hydrogen) atoms. The van der Waals surface area contributed by atoms with Gasteiger partial charge in [0.2, 0.25) is 0 Å². The van der Waals surface area contributed by atoms with E-state index in [1.165, 1.54) is 12.1 Å². The molecule has 5 nitrogen and oxygen atoms in total. The third kappa shape index (κ3) is 2.81. The van der Waals surface area contributed by atoms with Crippen LogP contribution in [-0.4, -0.2) is 15.5 Å². The zero-order valence-electron chi connectivity index (χ0n) is 10.8. The first-order valence-corrected chi connectivity index (χ1v) is 6.63. The Morgan fingerprint density at radius 1 is 1.50 bits per heavy atom. The molecule has 1 aromatic carbocycles. The first-order chi connectivity index (χ1) is 9.52. The first-order valence-electron chi connectivity index (χ1n) is 5.86. The van der Waals surface area contributed by atoms with Crippen molar-refractivity contribution in [2.75, 3.05) is 5.32 Å². The van der Waals surface area contributed by atoms with Crippen molar-refractivity contribution in [3.05, 3.63) is 40.2 Å². The highest BCUT2D eigenvalue weighted by Crippen LogP contribution is 2.22. The van der Waals surface area contributed by atoms with Crippen LogP contribution in [0, 0.1) is 17.1 Å². The number of carbonyl (C=O) groups excluding carboxylic acids is 1.